The van der Waals surface area contributed by atoms with Gasteiger partial charge in [-0.05, 0) is 30.5 Å². The molecule has 0 fully saturated rings. The number of aliphatic hydroxyl groups is 1. The number of hydrogen-bond donors (Lipinski definition) is 2. The van der Waals surface area contributed by atoms with Crippen molar-refractivity contribution in [2.24, 2.45) is 0 Å². The molecule has 0 saturated heterocycles. The zero-order valence-corrected chi connectivity index (χ0v) is 8.83. The van der Waals surface area contributed by atoms with E-state index in [-0.39, 0.29) is 11.4 Å². The van der Waals surface area contributed by atoms with Crippen LogP contribution < -0.4 is 5.32 Å². The van der Waals surface area contributed by atoms with Crippen molar-refractivity contribution in [1.29, 1.82) is 0 Å². The number of nitrogens with zero attached hydrogens (tertiary/aromatic N) is 2. The van der Waals surface area contributed by atoms with Gasteiger partial charge in [0, 0.05) is 12.7 Å². The summed E-state index contributed by atoms with van der Waals surface area (Å²) >= 11 is 5.60. The van der Waals surface area contributed by atoms with Gasteiger partial charge in [-0.1, -0.05) is 6.92 Å². The molecular weight excluding hydrogens is 202 g/mol. The Labute approximate surface area is 88.3 Å². The summed E-state index contributed by atoms with van der Waals surface area (Å²) < 4.78 is 0. The number of anilines is 1. The van der Waals surface area contributed by atoms with Crippen LogP contribution in [0.1, 0.15) is 19.8 Å². The van der Waals surface area contributed by atoms with Crippen LogP contribution in [-0.4, -0.2) is 27.7 Å². The standard InChI is InChI=1S/C9H14ClN3O/c1-2-7(14)3-5-11-8-4-6-12-9(10)13-8/h4,6-7,14H,2-3,5H2,1H3,(H,11,12,13). The maximum Gasteiger partial charge on any atom is 0.224 e. The molecule has 5 heteroatoms. The average Bonchev–Trinajstić information content (AvgIpc) is 2.17. The van der Waals surface area contributed by atoms with E-state index in [1.807, 2.05) is 6.92 Å². The fraction of sp³-hybridized carbons (Fsp3) is 0.556. The van der Waals surface area contributed by atoms with Crippen molar-refractivity contribution in [3.63, 3.8) is 0 Å². The molecule has 0 saturated carbocycles. The van der Waals surface area contributed by atoms with Crippen molar-refractivity contribution in [2.75, 3.05) is 11.9 Å². The molecule has 1 heterocycles. The molecule has 1 aromatic heterocycles. The first kappa shape index (κ1) is 11.2. The average molecular weight is 216 g/mol. The van der Waals surface area contributed by atoms with E-state index < -0.39 is 0 Å². The first-order valence-electron chi connectivity index (χ1n) is 4.63. The van der Waals surface area contributed by atoms with Crippen LogP contribution in [0.4, 0.5) is 5.82 Å². The smallest absolute Gasteiger partial charge is 0.224 e. The Morgan fingerprint density at radius 3 is 3.07 bits per heavy atom. The summed E-state index contributed by atoms with van der Waals surface area (Å²) in [6.07, 6.45) is 2.82. The van der Waals surface area contributed by atoms with E-state index in [1.54, 1.807) is 12.3 Å². The van der Waals surface area contributed by atoms with Crippen LogP contribution in [0.15, 0.2) is 12.3 Å². The Balaban J connectivity index is 2.31. The van der Waals surface area contributed by atoms with Crippen molar-refractivity contribution in [3.8, 4) is 0 Å². The third kappa shape index (κ3) is 3.89. The number of nitrogens with one attached hydrogen (secondary N) is 1. The lowest BCUT2D eigenvalue weighted by Gasteiger charge is -2.08. The molecule has 14 heavy (non-hydrogen) atoms. The highest BCUT2D eigenvalue weighted by Crippen LogP contribution is 2.06. The number of aromatic nitrogens is 2. The lowest BCUT2D eigenvalue weighted by Crippen LogP contribution is -2.12. The first-order chi connectivity index (χ1) is 6.72. The van der Waals surface area contributed by atoms with Gasteiger partial charge in [0.15, 0.2) is 0 Å². The minimum absolute atomic E-state index is 0.228. The topological polar surface area (TPSA) is 58.0 Å². The monoisotopic (exact) mass is 215 g/mol. The summed E-state index contributed by atoms with van der Waals surface area (Å²) in [4.78, 5) is 7.72. The fourth-order valence-electron chi connectivity index (χ4n) is 1.00. The highest BCUT2D eigenvalue weighted by Gasteiger charge is 2.00. The maximum absolute atomic E-state index is 9.29. The number of hydrogen-bond acceptors (Lipinski definition) is 4. The number of halogens is 1. The fourth-order valence-corrected chi connectivity index (χ4v) is 1.15. The zero-order chi connectivity index (χ0) is 10.4. The predicted octanol–water partition coefficient (Wildman–Crippen LogP) is 1.70. The van der Waals surface area contributed by atoms with Gasteiger partial charge in [-0.3, -0.25) is 0 Å². The van der Waals surface area contributed by atoms with Gasteiger partial charge < -0.3 is 10.4 Å². The SMILES string of the molecule is CCC(O)CCNc1ccnc(Cl)n1. The lowest BCUT2D eigenvalue weighted by atomic mass is 10.2. The largest absolute Gasteiger partial charge is 0.393 e. The van der Waals surface area contributed by atoms with E-state index >= 15 is 0 Å². The summed E-state index contributed by atoms with van der Waals surface area (Å²) in [6.45, 7) is 2.63. The van der Waals surface area contributed by atoms with E-state index in [0.29, 0.717) is 18.8 Å². The molecular formula is C9H14ClN3O. The van der Waals surface area contributed by atoms with E-state index in [4.69, 9.17) is 11.6 Å². The Hall–Kier alpha value is -0.870. The molecule has 4 nitrogen and oxygen atoms in total. The first-order valence-corrected chi connectivity index (χ1v) is 5.00. The van der Waals surface area contributed by atoms with Gasteiger partial charge in [0.05, 0.1) is 6.10 Å². The van der Waals surface area contributed by atoms with E-state index in [2.05, 4.69) is 15.3 Å². The quantitative estimate of drug-likeness (QED) is 0.735. The molecule has 0 radical (unpaired) electrons. The van der Waals surface area contributed by atoms with Gasteiger partial charge >= 0.3 is 0 Å². The Kier molecular flexibility index (Phi) is 4.62. The van der Waals surface area contributed by atoms with Crippen molar-refractivity contribution >= 4 is 17.4 Å². The van der Waals surface area contributed by atoms with E-state index in [0.717, 1.165) is 6.42 Å². The van der Waals surface area contributed by atoms with Crippen molar-refractivity contribution in [2.45, 2.75) is 25.9 Å². The number of rotatable bonds is 5. The van der Waals surface area contributed by atoms with Gasteiger partial charge in [-0.2, -0.15) is 0 Å². The molecule has 0 aliphatic carbocycles. The molecule has 1 rings (SSSR count). The molecule has 2 N–H and O–H groups in total. The molecule has 1 unspecified atom stereocenters. The van der Waals surface area contributed by atoms with Crippen LogP contribution in [0.5, 0.6) is 0 Å². The van der Waals surface area contributed by atoms with Gasteiger partial charge in [-0.25, -0.2) is 9.97 Å². The molecule has 0 aromatic carbocycles. The van der Waals surface area contributed by atoms with Gasteiger partial charge in [0.1, 0.15) is 5.82 Å². The van der Waals surface area contributed by atoms with Crippen LogP contribution in [0.3, 0.4) is 0 Å². The second kappa shape index (κ2) is 5.78. The Morgan fingerprint density at radius 2 is 2.43 bits per heavy atom. The number of aliphatic hydroxyl groups excluding tert-OH is 1. The van der Waals surface area contributed by atoms with Crippen molar-refractivity contribution in [3.05, 3.63) is 17.5 Å². The second-order valence-electron chi connectivity index (χ2n) is 2.99. The van der Waals surface area contributed by atoms with Crippen molar-refractivity contribution in [1.82, 2.24) is 9.97 Å². The van der Waals surface area contributed by atoms with Gasteiger partial charge in [0.2, 0.25) is 5.28 Å². The molecule has 0 amide bonds. The van der Waals surface area contributed by atoms with E-state index in [1.165, 1.54) is 0 Å². The van der Waals surface area contributed by atoms with Gasteiger partial charge in [0.25, 0.3) is 0 Å². The highest BCUT2D eigenvalue weighted by atomic mass is 35.5. The van der Waals surface area contributed by atoms with Crippen LogP contribution >= 0.6 is 11.6 Å². The van der Waals surface area contributed by atoms with Crippen LogP contribution in [-0.2, 0) is 0 Å². The second-order valence-corrected chi connectivity index (χ2v) is 3.33. The molecule has 0 aliphatic rings. The zero-order valence-electron chi connectivity index (χ0n) is 8.07. The minimum Gasteiger partial charge on any atom is -0.393 e. The highest BCUT2D eigenvalue weighted by molar-refractivity contribution is 6.28. The van der Waals surface area contributed by atoms with Crippen LogP contribution in [0.25, 0.3) is 0 Å². The molecule has 0 spiro atoms. The molecule has 0 bridgehead atoms. The molecule has 0 aliphatic heterocycles. The van der Waals surface area contributed by atoms with Crippen molar-refractivity contribution < 1.29 is 5.11 Å². The van der Waals surface area contributed by atoms with E-state index in [9.17, 15) is 5.11 Å². The predicted molar refractivity (Wildman–Crippen MR) is 56.4 cm³/mol. The minimum atomic E-state index is -0.250. The summed E-state index contributed by atoms with van der Waals surface area (Å²) in [5.74, 6) is 0.688. The maximum atomic E-state index is 9.29. The summed E-state index contributed by atoms with van der Waals surface area (Å²) in [5.41, 5.74) is 0. The summed E-state index contributed by atoms with van der Waals surface area (Å²) in [7, 11) is 0. The molecule has 78 valence electrons. The third-order valence-electron chi connectivity index (χ3n) is 1.88. The summed E-state index contributed by atoms with van der Waals surface area (Å²) in [5, 5.41) is 12.6. The molecule has 1 aromatic rings. The van der Waals surface area contributed by atoms with Crippen LogP contribution in [0.2, 0.25) is 5.28 Å². The lowest BCUT2D eigenvalue weighted by molar-refractivity contribution is 0.164. The molecule has 1 atom stereocenters. The van der Waals surface area contributed by atoms with Gasteiger partial charge in [-0.15, -0.1) is 0 Å². The summed E-state index contributed by atoms with van der Waals surface area (Å²) in [6, 6.07) is 1.74. The Bertz CT molecular complexity index is 283. The Morgan fingerprint density at radius 1 is 1.64 bits per heavy atom. The van der Waals surface area contributed by atoms with Crippen LogP contribution in [0, 0.1) is 0 Å². The normalized spacial score (nSPS) is 12.5. The third-order valence-corrected chi connectivity index (χ3v) is 2.06.